The maximum atomic E-state index is 11.7. The fourth-order valence-corrected chi connectivity index (χ4v) is 4.53. The lowest BCUT2D eigenvalue weighted by molar-refractivity contribution is -0.117. The van der Waals surface area contributed by atoms with Crippen LogP contribution in [0.2, 0.25) is 0 Å². The molecule has 29 heavy (non-hydrogen) atoms. The van der Waals surface area contributed by atoms with Crippen LogP contribution in [-0.4, -0.2) is 15.8 Å². The van der Waals surface area contributed by atoms with Gasteiger partial charge >= 0.3 is 0 Å². The van der Waals surface area contributed by atoms with Gasteiger partial charge in [0.05, 0.1) is 10.2 Å². The third-order valence-corrected chi connectivity index (χ3v) is 6.05. The molecule has 1 saturated carbocycles. The number of nitrogens with zero attached hydrogens (tertiary/aromatic N) is 2. The lowest BCUT2D eigenvalue weighted by atomic mass is 9.99. The average Bonchev–Trinajstić information content (AvgIpc) is 3.35. The molecule has 1 fully saturated rings. The number of Topliss-reactive ketones (excluding diaryl/α,β-unsaturated/α-hetero) is 1. The fourth-order valence-electron chi connectivity index (χ4n) is 3.65. The molecule has 0 saturated heterocycles. The smallest absolute Gasteiger partial charge is 0.222 e. The van der Waals surface area contributed by atoms with Crippen LogP contribution < -0.4 is 10.1 Å². The summed E-state index contributed by atoms with van der Waals surface area (Å²) in [5, 5.41) is 4.20. The first-order valence-electron chi connectivity index (χ1n) is 9.62. The molecule has 0 unspecified atom stereocenters. The van der Waals surface area contributed by atoms with Crippen molar-refractivity contribution in [2.75, 3.05) is 5.32 Å². The van der Waals surface area contributed by atoms with Gasteiger partial charge in [-0.25, -0.2) is 9.97 Å². The number of nitrogens with one attached hydrogen (secondary N) is 1. The first kappa shape index (κ1) is 17.8. The highest BCUT2D eigenvalue weighted by atomic mass is 32.1. The summed E-state index contributed by atoms with van der Waals surface area (Å²) in [6.07, 6.45) is 3.81. The molecule has 0 aliphatic heterocycles. The molecule has 0 radical (unpaired) electrons. The van der Waals surface area contributed by atoms with E-state index in [0.717, 1.165) is 33.0 Å². The van der Waals surface area contributed by atoms with Crippen LogP contribution in [0.1, 0.15) is 30.7 Å². The number of rotatable bonds is 5. The fraction of sp³-hybridized carbons (Fsp3) is 0.174. The van der Waals surface area contributed by atoms with Crippen LogP contribution >= 0.6 is 11.3 Å². The number of carbonyl (C=O) groups is 1. The third-order valence-electron chi connectivity index (χ3n) is 5.10. The predicted octanol–water partition coefficient (Wildman–Crippen LogP) is 6.06. The molecule has 1 aliphatic carbocycles. The summed E-state index contributed by atoms with van der Waals surface area (Å²) in [5.74, 6) is 1.81. The molecular weight excluding hydrogens is 382 g/mol. The Bertz CT molecular complexity index is 1140. The van der Waals surface area contributed by atoms with Crippen LogP contribution in [0.5, 0.6) is 11.6 Å². The molecule has 0 bridgehead atoms. The highest BCUT2D eigenvalue weighted by molar-refractivity contribution is 7.22. The zero-order chi connectivity index (χ0) is 19.6. The van der Waals surface area contributed by atoms with Crippen molar-refractivity contribution in [2.45, 2.75) is 25.2 Å². The van der Waals surface area contributed by atoms with E-state index in [1.807, 2.05) is 54.6 Å². The Kier molecular flexibility index (Phi) is 4.69. The van der Waals surface area contributed by atoms with Gasteiger partial charge in [-0.2, -0.15) is 0 Å². The quantitative estimate of drug-likeness (QED) is 0.440. The number of thiazole rings is 1. The van der Waals surface area contributed by atoms with E-state index in [9.17, 15) is 4.79 Å². The molecule has 2 aromatic heterocycles. The molecule has 5 nitrogen and oxygen atoms in total. The van der Waals surface area contributed by atoms with Gasteiger partial charge in [-0.1, -0.05) is 29.5 Å². The van der Waals surface area contributed by atoms with Crippen molar-refractivity contribution >= 4 is 38.2 Å². The summed E-state index contributed by atoms with van der Waals surface area (Å²) >= 11 is 1.62. The van der Waals surface area contributed by atoms with Crippen LogP contribution in [0.4, 0.5) is 10.8 Å². The number of aromatic nitrogens is 2. The van der Waals surface area contributed by atoms with Crippen molar-refractivity contribution in [3.05, 3.63) is 72.4 Å². The van der Waals surface area contributed by atoms with E-state index in [4.69, 9.17) is 4.74 Å². The molecule has 2 heterocycles. The predicted molar refractivity (Wildman–Crippen MR) is 115 cm³/mol. The van der Waals surface area contributed by atoms with Crippen molar-refractivity contribution in [2.24, 2.45) is 0 Å². The number of para-hydroxylation sites is 1. The lowest BCUT2D eigenvalue weighted by Gasteiger charge is -2.14. The Morgan fingerprint density at radius 1 is 1.03 bits per heavy atom. The standard InChI is InChI=1S/C23H19N3O2S/c27-17-10-7-15(14-17)19-4-3-13-24-22(19)28-18-11-8-16(9-12-18)25-23-26-20-5-1-2-6-21(20)29-23/h1-6,8-9,11-13,15H,7,10,14H2,(H,25,26)/t15-/m1/s1. The molecule has 0 spiro atoms. The minimum atomic E-state index is 0.200. The van der Waals surface area contributed by atoms with Gasteiger partial charge in [-0.15, -0.1) is 0 Å². The second-order valence-electron chi connectivity index (χ2n) is 7.11. The highest BCUT2D eigenvalue weighted by Gasteiger charge is 2.26. The van der Waals surface area contributed by atoms with Gasteiger partial charge in [0.25, 0.3) is 0 Å². The minimum Gasteiger partial charge on any atom is -0.439 e. The van der Waals surface area contributed by atoms with E-state index in [0.29, 0.717) is 30.3 Å². The van der Waals surface area contributed by atoms with Crippen LogP contribution in [0, 0.1) is 0 Å². The summed E-state index contributed by atoms with van der Waals surface area (Å²) < 4.78 is 7.20. The maximum absolute atomic E-state index is 11.7. The summed E-state index contributed by atoms with van der Waals surface area (Å²) in [6.45, 7) is 0. The number of ketones is 1. The molecule has 5 rings (SSSR count). The number of anilines is 2. The number of benzene rings is 2. The van der Waals surface area contributed by atoms with E-state index in [-0.39, 0.29) is 5.92 Å². The first-order valence-corrected chi connectivity index (χ1v) is 10.4. The minimum absolute atomic E-state index is 0.200. The zero-order valence-corrected chi connectivity index (χ0v) is 16.5. The molecule has 1 atom stereocenters. The largest absolute Gasteiger partial charge is 0.439 e. The summed E-state index contributed by atoms with van der Waals surface area (Å²) in [5.41, 5.74) is 2.95. The number of ether oxygens (including phenoxy) is 1. The van der Waals surface area contributed by atoms with E-state index in [2.05, 4.69) is 21.4 Å². The van der Waals surface area contributed by atoms with Gasteiger partial charge in [0, 0.05) is 30.3 Å². The van der Waals surface area contributed by atoms with Crippen molar-refractivity contribution in [1.82, 2.24) is 9.97 Å². The van der Waals surface area contributed by atoms with Gasteiger partial charge < -0.3 is 10.1 Å². The average molecular weight is 401 g/mol. The van der Waals surface area contributed by atoms with Crippen molar-refractivity contribution in [1.29, 1.82) is 0 Å². The van der Waals surface area contributed by atoms with Gasteiger partial charge in [-0.05, 0) is 54.8 Å². The third kappa shape index (κ3) is 3.84. The topological polar surface area (TPSA) is 64.1 Å². The SMILES string of the molecule is O=C1CC[C@@H](c2cccnc2Oc2ccc(Nc3nc4ccccc4s3)cc2)C1. The molecule has 0 amide bonds. The number of pyridine rings is 1. The Labute approximate surface area is 172 Å². The molecule has 1 aliphatic rings. The summed E-state index contributed by atoms with van der Waals surface area (Å²) in [4.78, 5) is 20.7. The Morgan fingerprint density at radius 3 is 2.69 bits per heavy atom. The van der Waals surface area contributed by atoms with E-state index in [1.165, 1.54) is 0 Å². The summed E-state index contributed by atoms with van der Waals surface area (Å²) in [7, 11) is 0. The lowest BCUT2D eigenvalue weighted by Crippen LogP contribution is -2.00. The van der Waals surface area contributed by atoms with Gasteiger partial charge in [-0.3, -0.25) is 4.79 Å². The zero-order valence-electron chi connectivity index (χ0n) is 15.7. The molecule has 2 aromatic carbocycles. The molecule has 144 valence electrons. The van der Waals surface area contributed by atoms with Gasteiger partial charge in [0.2, 0.25) is 5.88 Å². The van der Waals surface area contributed by atoms with Gasteiger partial charge in [0.15, 0.2) is 5.13 Å². The number of hydrogen-bond donors (Lipinski definition) is 1. The highest BCUT2D eigenvalue weighted by Crippen LogP contribution is 2.37. The van der Waals surface area contributed by atoms with E-state index < -0.39 is 0 Å². The van der Waals surface area contributed by atoms with Crippen LogP contribution in [0.25, 0.3) is 10.2 Å². The second kappa shape index (κ2) is 7.64. The van der Waals surface area contributed by atoms with E-state index >= 15 is 0 Å². The normalized spacial score (nSPS) is 16.3. The van der Waals surface area contributed by atoms with Crippen molar-refractivity contribution in [3.8, 4) is 11.6 Å². The number of hydrogen-bond acceptors (Lipinski definition) is 6. The molecular formula is C23H19N3O2S. The van der Waals surface area contributed by atoms with Crippen LogP contribution in [0.15, 0.2) is 66.9 Å². The first-order chi connectivity index (χ1) is 14.2. The molecule has 6 heteroatoms. The van der Waals surface area contributed by atoms with Gasteiger partial charge in [0.1, 0.15) is 11.5 Å². The molecule has 4 aromatic rings. The molecule has 1 N–H and O–H groups in total. The monoisotopic (exact) mass is 401 g/mol. The second-order valence-corrected chi connectivity index (χ2v) is 8.15. The van der Waals surface area contributed by atoms with Crippen molar-refractivity contribution in [3.63, 3.8) is 0 Å². The van der Waals surface area contributed by atoms with Crippen LogP contribution in [-0.2, 0) is 4.79 Å². The summed E-state index contributed by atoms with van der Waals surface area (Å²) in [6, 6.07) is 19.7. The Balaban J connectivity index is 1.31. The number of carbonyl (C=O) groups excluding carboxylic acids is 1. The Morgan fingerprint density at radius 2 is 1.90 bits per heavy atom. The Hall–Kier alpha value is -3.25. The van der Waals surface area contributed by atoms with E-state index in [1.54, 1.807) is 17.5 Å². The number of fused-ring (bicyclic) bond motifs is 1. The van der Waals surface area contributed by atoms with Crippen molar-refractivity contribution < 1.29 is 9.53 Å². The van der Waals surface area contributed by atoms with Crippen LogP contribution in [0.3, 0.4) is 0 Å². The maximum Gasteiger partial charge on any atom is 0.222 e.